The van der Waals surface area contributed by atoms with Crippen molar-refractivity contribution in [3.8, 4) is 17.2 Å². The molecule has 0 fully saturated rings. The van der Waals surface area contributed by atoms with Gasteiger partial charge in [-0.15, -0.1) is 0 Å². The molecule has 0 saturated carbocycles. The highest BCUT2D eigenvalue weighted by Crippen LogP contribution is 2.37. The molecule has 0 atom stereocenters. The molecule has 28 heavy (non-hydrogen) atoms. The summed E-state index contributed by atoms with van der Waals surface area (Å²) in [6.07, 6.45) is 3.11. The largest absolute Gasteiger partial charge is 0.493 e. The van der Waals surface area contributed by atoms with Gasteiger partial charge in [-0.05, 0) is 31.2 Å². The third-order valence-corrected chi connectivity index (χ3v) is 4.26. The lowest BCUT2D eigenvalue weighted by Gasteiger charge is -2.12. The number of aryl methyl sites for hydroxylation is 1. The number of benzene rings is 1. The number of halogens is 1. The predicted octanol–water partition coefficient (Wildman–Crippen LogP) is 3.09. The molecule has 3 rings (SSSR count). The molecule has 1 N–H and O–H groups in total. The number of hydrazone groups is 1. The number of carbonyl (C=O) groups excluding carboxylic acids is 1. The fourth-order valence-electron chi connectivity index (χ4n) is 2.80. The second-order valence-corrected chi connectivity index (χ2v) is 6.22. The van der Waals surface area contributed by atoms with Gasteiger partial charge in [0, 0.05) is 11.8 Å². The maximum atomic E-state index is 12.6. The summed E-state index contributed by atoms with van der Waals surface area (Å²) >= 11 is 6.03. The van der Waals surface area contributed by atoms with E-state index in [-0.39, 0.29) is 0 Å². The first-order chi connectivity index (χ1) is 13.5. The number of aromatic nitrogens is 2. The van der Waals surface area contributed by atoms with Crippen molar-refractivity contribution in [3.05, 3.63) is 52.4 Å². The van der Waals surface area contributed by atoms with E-state index in [9.17, 15) is 4.79 Å². The molecular formula is C19H19ClN4O4. The summed E-state index contributed by atoms with van der Waals surface area (Å²) in [5, 5.41) is 4.52. The number of fused-ring (bicyclic) bond motifs is 1. The molecule has 8 nitrogen and oxygen atoms in total. The molecule has 0 bridgehead atoms. The monoisotopic (exact) mass is 402 g/mol. The van der Waals surface area contributed by atoms with Crippen LogP contribution < -0.4 is 19.6 Å². The SMILES string of the molecule is COc1cc(/C=N/NC(=O)c2c(C)nc3ccc(Cl)cn23)cc(OC)c1OC. The van der Waals surface area contributed by atoms with Crippen molar-refractivity contribution in [1.82, 2.24) is 14.8 Å². The maximum absolute atomic E-state index is 12.6. The number of nitrogens with one attached hydrogen (secondary N) is 1. The zero-order valence-electron chi connectivity index (χ0n) is 15.8. The summed E-state index contributed by atoms with van der Waals surface area (Å²) in [5.41, 5.74) is 4.72. The predicted molar refractivity (Wildman–Crippen MR) is 106 cm³/mol. The van der Waals surface area contributed by atoms with Gasteiger partial charge in [0.25, 0.3) is 5.91 Å². The molecule has 0 aliphatic rings. The standard InChI is InChI=1S/C19H19ClN4O4/c1-11-17(24-10-13(20)5-6-16(24)22-11)19(25)23-21-9-12-7-14(26-2)18(28-4)15(8-12)27-3/h5-10H,1-4H3,(H,23,25)/b21-9+. The van der Waals surface area contributed by atoms with Crippen LogP contribution >= 0.6 is 11.6 Å². The lowest BCUT2D eigenvalue weighted by Crippen LogP contribution is -2.20. The van der Waals surface area contributed by atoms with Gasteiger partial charge in [0.15, 0.2) is 11.5 Å². The minimum absolute atomic E-state index is 0.361. The summed E-state index contributed by atoms with van der Waals surface area (Å²) in [6, 6.07) is 6.89. The molecule has 1 aromatic carbocycles. The van der Waals surface area contributed by atoms with E-state index in [2.05, 4.69) is 15.5 Å². The Labute approximate surface area is 166 Å². The van der Waals surface area contributed by atoms with Crippen LogP contribution in [-0.4, -0.2) is 42.8 Å². The van der Waals surface area contributed by atoms with Crippen LogP contribution in [0.3, 0.4) is 0 Å². The second kappa shape index (κ2) is 8.18. The molecule has 0 radical (unpaired) electrons. The number of methoxy groups -OCH3 is 3. The van der Waals surface area contributed by atoms with Crippen LogP contribution in [0.5, 0.6) is 17.2 Å². The van der Waals surface area contributed by atoms with Gasteiger partial charge in [0.2, 0.25) is 5.75 Å². The molecule has 2 aromatic heterocycles. The normalized spacial score (nSPS) is 11.0. The highest BCUT2D eigenvalue weighted by molar-refractivity contribution is 6.30. The Morgan fingerprint density at radius 3 is 2.46 bits per heavy atom. The van der Waals surface area contributed by atoms with Gasteiger partial charge in [0.05, 0.1) is 38.3 Å². The third-order valence-electron chi connectivity index (χ3n) is 4.04. The summed E-state index contributed by atoms with van der Waals surface area (Å²) in [6.45, 7) is 1.75. The van der Waals surface area contributed by atoms with Gasteiger partial charge in [-0.3, -0.25) is 9.20 Å². The van der Waals surface area contributed by atoms with E-state index < -0.39 is 5.91 Å². The van der Waals surface area contributed by atoms with E-state index in [0.29, 0.717) is 44.9 Å². The van der Waals surface area contributed by atoms with E-state index in [1.54, 1.807) is 41.8 Å². The molecule has 0 saturated heterocycles. The molecule has 0 unspecified atom stereocenters. The quantitative estimate of drug-likeness (QED) is 0.505. The van der Waals surface area contributed by atoms with Gasteiger partial charge in [-0.2, -0.15) is 5.10 Å². The van der Waals surface area contributed by atoms with Gasteiger partial charge >= 0.3 is 0 Å². The Kier molecular flexibility index (Phi) is 5.70. The fourth-order valence-corrected chi connectivity index (χ4v) is 2.96. The molecule has 0 spiro atoms. The zero-order chi connectivity index (χ0) is 20.3. The second-order valence-electron chi connectivity index (χ2n) is 5.78. The van der Waals surface area contributed by atoms with Gasteiger partial charge in [-0.1, -0.05) is 11.6 Å². The number of rotatable bonds is 6. The van der Waals surface area contributed by atoms with Crippen molar-refractivity contribution in [2.24, 2.45) is 5.10 Å². The van der Waals surface area contributed by atoms with Crippen molar-refractivity contribution < 1.29 is 19.0 Å². The molecule has 146 valence electrons. The van der Waals surface area contributed by atoms with Crippen molar-refractivity contribution in [3.63, 3.8) is 0 Å². The van der Waals surface area contributed by atoms with E-state index in [1.165, 1.54) is 27.5 Å². The summed E-state index contributed by atoms with van der Waals surface area (Å²) in [4.78, 5) is 16.9. The topological polar surface area (TPSA) is 86.5 Å². The number of carbonyl (C=O) groups is 1. The molecular weight excluding hydrogens is 384 g/mol. The van der Waals surface area contributed by atoms with Crippen LogP contribution in [0.2, 0.25) is 5.02 Å². The van der Waals surface area contributed by atoms with Crippen LogP contribution in [0.15, 0.2) is 35.6 Å². The van der Waals surface area contributed by atoms with Crippen LogP contribution in [0.4, 0.5) is 0 Å². The van der Waals surface area contributed by atoms with Crippen LogP contribution in [0.25, 0.3) is 5.65 Å². The number of hydrogen-bond acceptors (Lipinski definition) is 6. The summed E-state index contributed by atoms with van der Waals surface area (Å²) in [7, 11) is 4.58. The highest BCUT2D eigenvalue weighted by Gasteiger charge is 2.16. The Hall–Kier alpha value is -3.26. The molecule has 1 amide bonds. The minimum atomic E-state index is -0.407. The van der Waals surface area contributed by atoms with Crippen LogP contribution in [-0.2, 0) is 0 Å². The number of imidazole rings is 1. The Bertz CT molecular complexity index is 1040. The van der Waals surface area contributed by atoms with Crippen LogP contribution in [0.1, 0.15) is 21.7 Å². The van der Waals surface area contributed by atoms with Crippen LogP contribution in [0, 0.1) is 6.92 Å². The molecule has 0 aliphatic carbocycles. The number of amides is 1. The summed E-state index contributed by atoms with van der Waals surface area (Å²) < 4.78 is 17.5. The average Bonchev–Trinajstić information content (AvgIpc) is 3.01. The average molecular weight is 403 g/mol. The van der Waals surface area contributed by atoms with Crippen molar-refractivity contribution in [2.45, 2.75) is 6.92 Å². The van der Waals surface area contributed by atoms with E-state index in [4.69, 9.17) is 25.8 Å². The zero-order valence-corrected chi connectivity index (χ0v) is 16.6. The first kappa shape index (κ1) is 19.5. The van der Waals surface area contributed by atoms with Crippen molar-refractivity contribution in [1.29, 1.82) is 0 Å². The minimum Gasteiger partial charge on any atom is -0.493 e. The molecule has 9 heteroatoms. The number of pyridine rings is 1. The number of nitrogens with zero attached hydrogens (tertiary/aromatic N) is 3. The van der Waals surface area contributed by atoms with Crippen molar-refractivity contribution >= 4 is 29.4 Å². The Morgan fingerprint density at radius 1 is 1.18 bits per heavy atom. The van der Waals surface area contributed by atoms with E-state index in [0.717, 1.165) is 0 Å². The highest BCUT2D eigenvalue weighted by atomic mass is 35.5. The molecule has 2 heterocycles. The third kappa shape index (κ3) is 3.72. The first-order valence-corrected chi connectivity index (χ1v) is 8.64. The maximum Gasteiger partial charge on any atom is 0.290 e. The Morgan fingerprint density at radius 2 is 1.86 bits per heavy atom. The van der Waals surface area contributed by atoms with Gasteiger partial charge in [-0.25, -0.2) is 10.4 Å². The van der Waals surface area contributed by atoms with Crippen molar-refractivity contribution in [2.75, 3.05) is 21.3 Å². The first-order valence-electron chi connectivity index (χ1n) is 8.26. The molecule has 0 aliphatic heterocycles. The number of hydrogen-bond donors (Lipinski definition) is 1. The molecule has 3 aromatic rings. The Balaban J connectivity index is 1.85. The number of ether oxygens (including phenoxy) is 3. The van der Waals surface area contributed by atoms with Gasteiger partial charge < -0.3 is 14.2 Å². The fraction of sp³-hybridized carbons (Fsp3) is 0.211. The smallest absolute Gasteiger partial charge is 0.290 e. The lowest BCUT2D eigenvalue weighted by molar-refractivity contribution is 0.0948. The summed E-state index contributed by atoms with van der Waals surface area (Å²) in [5.74, 6) is 1.05. The lowest BCUT2D eigenvalue weighted by atomic mass is 10.2. The van der Waals surface area contributed by atoms with E-state index >= 15 is 0 Å². The van der Waals surface area contributed by atoms with E-state index in [1.807, 2.05) is 0 Å². The van der Waals surface area contributed by atoms with Gasteiger partial charge in [0.1, 0.15) is 11.3 Å².